The number of nitrogens with zero attached hydrogens (tertiary/aromatic N) is 1. The number of benzene rings is 1. The molecular formula is C10H12NSe. The maximum absolute atomic E-state index is 4.53. The molecule has 0 atom stereocenters. The summed E-state index contributed by atoms with van der Waals surface area (Å²) in [5, 5.41) is 0. The quantitative estimate of drug-likeness (QED) is 0.593. The predicted octanol–water partition coefficient (Wildman–Crippen LogP) is 1.49. The van der Waals surface area contributed by atoms with Crippen LogP contribution in [0, 0.1) is 0 Å². The van der Waals surface area contributed by atoms with Crippen molar-refractivity contribution in [3.8, 4) is 0 Å². The molecule has 0 aliphatic carbocycles. The van der Waals surface area contributed by atoms with Gasteiger partial charge in [0.25, 0.3) is 0 Å². The normalized spacial score (nSPS) is 18.8. The van der Waals surface area contributed by atoms with Crippen LogP contribution in [0.15, 0.2) is 28.2 Å². The molecule has 63 valence electrons. The van der Waals surface area contributed by atoms with Crippen LogP contribution in [-0.2, 0) is 5.41 Å². The average Bonchev–Trinajstić information content (AvgIpc) is 2.04. The first-order chi connectivity index (χ1) is 5.70. The summed E-state index contributed by atoms with van der Waals surface area (Å²) < 4.78 is 5.99. The van der Waals surface area contributed by atoms with Crippen molar-refractivity contribution in [2.45, 2.75) is 19.3 Å². The van der Waals surface area contributed by atoms with Gasteiger partial charge in [-0.3, -0.25) is 0 Å². The third-order valence-electron chi connectivity index (χ3n) is 2.24. The molecule has 1 aromatic rings. The fourth-order valence-electron chi connectivity index (χ4n) is 1.45. The van der Waals surface area contributed by atoms with Gasteiger partial charge in [0.2, 0.25) is 0 Å². The van der Waals surface area contributed by atoms with Gasteiger partial charge in [-0.25, -0.2) is 0 Å². The number of hydrogen-bond acceptors (Lipinski definition) is 1. The van der Waals surface area contributed by atoms with Gasteiger partial charge in [-0.2, -0.15) is 0 Å². The first-order valence-electron chi connectivity index (χ1n) is 4.13. The van der Waals surface area contributed by atoms with Crippen molar-refractivity contribution in [2.75, 3.05) is 6.54 Å². The molecule has 1 aliphatic heterocycles. The molecule has 0 amide bonds. The molecule has 2 heteroatoms. The van der Waals surface area contributed by atoms with E-state index in [2.05, 4.69) is 42.1 Å². The van der Waals surface area contributed by atoms with Crippen molar-refractivity contribution < 1.29 is 0 Å². The van der Waals surface area contributed by atoms with Crippen molar-refractivity contribution >= 4 is 19.2 Å². The Labute approximate surface area is 79.1 Å². The first kappa shape index (κ1) is 8.15. The van der Waals surface area contributed by atoms with E-state index in [0.717, 1.165) is 6.54 Å². The van der Waals surface area contributed by atoms with Gasteiger partial charge in [0.1, 0.15) is 0 Å². The van der Waals surface area contributed by atoms with Crippen LogP contribution < -0.4 is 4.46 Å². The van der Waals surface area contributed by atoms with Crippen LogP contribution in [0.3, 0.4) is 0 Å². The van der Waals surface area contributed by atoms with Gasteiger partial charge in [-0.1, -0.05) is 0 Å². The Morgan fingerprint density at radius 2 is 2.08 bits per heavy atom. The molecule has 1 heterocycles. The van der Waals surface area contributed by atoms with Gasteiger partial charge in [-0.15, -0.1) is 0 Å². The zero-order chi connectivity index (χ0) is 8.60. The first-order valence-corrected chi connectivity index (χ1v) is 5.76. The molecule has 0 saturated heterocycles. The van der Waals surface area contributed by atoms with E-state index in [4.69, 9.17) is 0 Å². The maximum atomic E-state index is 4.53. The minimum atomic E-state index is 0.261. The van der Waals surface area contributed by atoms with Crippen LogP contribution >= 0.6 is 0 Å². The second kappa shape index (κ2) is 2.79. The molecule has 12 heavy (non-hydrogen) atoms. The van der Waals surface area contributed by atoms with Gasteiger partial charge in [0.15, 0.2) is 0 Å². The van der Waals surface area contributed by atoms with Gasteiger partial charge < -0.3 is 0 Å². The molecule has 0 spiro atoms. The average molecular weight is 225 g/mol. The van der Waals surface area contributed by atoms with E-state index in [1.54, 1.807) is 0 Å². The van der Waals surface area contributed by atoms with E-state index in [1.165, 1.54) is 10.0 Å². The van der Waals surface area contributed by atoms with Crippen molar-refractivity contribution in [1.29, 1.82) is 0 Å². The third kappa shape index (κ3) is 1.26. The number of fused-ring (bicyclic) bond motifs is 1. The zero-order valence-electron chi connectivity index (χ0n) is 7.37. The fraction of sp³-hybridized carbons (Fsp3) is 0.400. The van der Waals surface area contributed by atoms with Crippen LogP contribution in [-0.4, -0.2) is 21.3 Å². The summed E-state index contributed by atoms with van der Waals surface area (Å²) >= 11 is 0.367. The van der Waals surface area contributed by atoms with Crippen molar-refractivity contribution in [3.05, 3.63) is 29.8 Å². The van der Waals surface area contributed by atoms with Gasteiger partial charge >= 0.3 is 78.8 Å². The van der Waals surface area contributed by atoms with Crippen LogP contribution in [0.1, 0.15) is 19.4 Å². The second-order valence-corrected chi connectivity index (χ2v) is 5.61. The zero-order valence-corrected chi connectivity index (χ0v) is 9.09. The molecule has 1 radical (unpaired) electrons. The molecule has 0 saturated carbocycles. The van der Waals surface area contributed by atoms with Crippen LogP contribution in [0.5, 0.6) is 0 Å². The van der Waals surface area contributed by atoms with E-state index in [0.29, 0.717) is 14.8 Å². The van der Waals surface area contributed by atoms with Gasteiger partial charge in [0, 0.05) is 0 Å². The van der Waals surface area contributed by atoms with E-state index in [1.807, 2.05) is 0 Å². The summed E-state index contributed by atoms with van der Waals surface area (Å²) in [5.41, 5.74) is 1.76. The Morgan fingerprint density at radius 1 is 1.33 bits per heavy atom. The molecule has 0 bridgehead atoms. The Balaban J connectivity index is 2.60. The van der Waals surface area contributed by atoms with E-state index in [-0.39, 0.29) is 5.41 Å². The molecule has 1 aromatic carbocycles. The summed E-state index contributed by atoms with van der Waals surface area (Å²) in [6.45, 7) is 5.53. The molecule has 0 fully saturated rings. The van der Waals surface area contributed by atoms with Gasteiger partial charge in [0.05, 0.1) is 0 Å². The van der Waals surface area contributed by atoms with E-state index < -0.39 is 0 Å². The number of rotatable bonds is 0. The summed E-state index contributed by atoms with van der Waals surface area (Å²) in [6.07, 6.45) is 0. The van der Waals surface area contributed by atoms with Crippen molar-refractivity contribution in [2.24, 2.45) is 3.96 Å². The SMILES string of the molecule is CC1(C)CN=[Se]c2ccccc21. The summed E-state index contributed by atoms with van der Waals surface area (Å²) in [7, 11) is 0. The molecular weight excluding hydrogens is 213 g/mol. The summed E-state index contributed by atoms with van der Waals surface area (Å²) in [4.78, 5) is 0. The molecule has 0 N–H and O–H groups in total. The monoisotopic (exact) mass is 226 g/mol. The Bertz CT molecular complexity index is 328. The van der Waals surface area contributed by atoms with Crippen LogP contribution in [0.2, 0.25) is 0 Å². The van der Waals surface area contributed by atoms with E-state index in [9.17, 15) is 0 Å². The van der Waals surface area contributed by atoms with Crippen molar-refractivity contribution in [1.82, 2.24) is 0 Å². The van der Waals surface area contributed by atoms with Crippen LogP contribution in [0.4, 0.5) is 0 Å². The fourth-order valence-corrected chi connectivity index (χ4v) is 3.78. The Kier molecular flexibility index (Phi) is 1.90. The molecule has 2 rings (SSSR count). The molecule has 0 unspecified atom stereocenters. The van der Waals surface area contributed by atoms with Gasteiger partial charge in [-0.05, 0) is 0 Å². The summed E-state index contributed by atoms with van der Waals surface area (Å²) in [5.74, 6) is 0. The van der Waals surface area contributed by atoms with E-state index >= 15 is 0 Å². The molecule has 1 nitrogen and oxygen atoms in total. The minimum absolute atomic E-state index is 0.261. The third-order valence-corrected chi connectivity index (χ3v) is 3.94. The van der Waals surface area contributed by atoms with Crippen molar-refractivity contribution in [3.63, 3.8) is 0 Å². The molecule has 1 aliphatic rings. The summed E-state index contributed by atoms with van der Waals surface area (Å²) in [6, 6.07) is 8.69. The van der Waals surface area contributed by atoms with Crippen LogP contribution in [0.25, 0.3) is 0 Å². The Morgan fingerprint density at radius 3 is 2.83 bits per heavy atom. The number of hydrogen-bond donors (Lipinski definition) is 0. The standard InChI is InChI=1S/C10H12NSe/c1-10(2)7-11-12-9-6-4-3-5-8(9)10/h3-6H,7H2,1-2H3. The Hall–Kier alpha value is -0.461. The second-order valence-electron chi connectivity index (χ2n) is 3.76. The topological polar surface area (TPSA) is 12.4 Å². The molecule has 0 aromatic heterocycles. The predicted molar refractivity (Wildman–Crippen MR) is 52.2 cm³/mol.